The normalized spacial score (nSPS) is 9.84. The van der Waals surface area contributed by atoms with E-state index in [1.165, 1.54) is 5.56 Å². The molecule has 0 saturated heterocycles. The molecule has 1 aromatic carbocycles. The van der Waals surface area contributed by atoms with Crippen molar-refractivity contribution in [3.63, 3.8) is 0 Å². The van der Waals surface area contributed by atoms with Crippen molar-refractivity contribution >= 4 is 12.4 Å². The lowest BCUT2D eigenvalue weighted by Crippen LogP contribution is -2.16. The molecule has 0 spiro atoms. The van der Waals surface area contributed by atoms with Gasteiger partial charge in [-0.25, -0.2) is 0 Å². The smallest absolute Gasteiger partial charge is 0.161 e. The van der Waals surface area contributed by atoms with E-state index in [2.05, 4.69) is 5.32 Å². The SMILES string of the molecule is CCOCCCNCc1ccc(OC)c(OC)c1.Cl. The van der Waals surface area contributed by atoms with Crippen LogP contribution in [0.5, 0.6) is 11.5 Å². The van der Waals surface area contributed by atoms with Gasteiger partial charge in [0.1, 0.15) is 0 Å². The number of nitrogens with one attached hydrogen (secondary N) is 1. The summed E-state index contributed by atoms with van der Waals surface area (Å²) in [6, 6.07) is 5.96. The van der Waals surface area contributed by atoms with Crippen LogP contribution in [0.4, 0.5) is 0 Å². The van der Waals surface area contributed by atoms with E-state index in [9.17, 15) is 0 Å². The molecule has 0 aliphatic carbocycles. The van der Waals surface area contributed by atoms with Crippen molar-refractivity contribution in [3.8, 4) is 11.5 Å². The lowest BCUT2D eigenvalue weighted by atomic mass is 10.2. The lowest BCUT2D eigenvalue weighted by molar-refractivity contribution is 0.144. The molecule has 1 rings (SSSR count). The third-order valence-electron chi connectivity index (χ3n) is 2.62. The molecule has 0 fully saturated rings. The number of rotatable bonds is 9. The molecule has 1 N–H and O–H groups in total. The Hall–Kier alpha value is -0.970. The highest BCUT2D eigenvalue weighted by molar-refractivity contribution is 5.85. The van der Waals surface area contributed by atoms with Crippen LogP contribution in [-0.2, 0) is 11.3 Å². The quantitative estimate of drug-likeness (QED) is 0.710. The van der Waals surface area contributed by atoms with Crippen LogP contribution in [0.15, 0.2) is 18.2 Å². The molecule has 0 aliphatic heterocycles. The second-order valence-corrected chi connectivity index (χ2v) is 3.92. The predicted octanol–water partition coefficient (Wildman–Crippen LogP) is 2.64. The van der Waals surface area contributed by atoms with E-state index in [4.69, 9.17) is 14.2 Å². The minimum atomic E-state index is 0. The van der Waals surface area contributed by atoms with Crippen molar-refractivity contribution in [2.75, 3.05) is 34.0 Å². The van der Waals surface area contributed by atoms with Crippen LogP contribution in [0.3, 0.4) is 0 Å². The summed E-state index contributed by atoms with van der Waals surface area (Å²) in [6.45, 7) is 5.39. The summed E-state index contributed by atoms with van der Waals surface area (Å²) in [6.07, 6.45) is 1.03. The Morgan fingerprint density at radius 3 is 2.47 bits per heavy atom. The molecule has 19 heavy (non-hydrogen) atoms. The Morgan fingerprint density at radius 2 is 1.84 bits per heavy atom. The van der Waals surface area contributed by atoms with Crippen LogP contribution in [0.25, 0.3) is 0 Å². The zero-order valence-electron chi connectivity index (χ0n) is 11.9. The Balaban J connectivity index is 0.00000324. The van der Waals surface area contributed by atoms with Crippen molar-refractivity contribution in [2.45, 2.75) is 19.9 Å². The number of hydrogen-bond donors (Lipinski definition) is 1. The molecule has 5 heteroatoms. The topological polar surface area (TPSA) is 39.7 Å². The first-order valence-electron chi connectivity index (χ1n) is 6.31. The van der Waals surface area contributed by atoms with E-state index in [-0.39, 0.29) is 12.4 Å². The maximum atomic E-state index is 5.28. The molecular weight excluding hydrogens is 266 g/mol. The molecule has 0 unspecified atom stereocenters. The average molecular weight is 290 g/mol. The van der Waals surface area contributed by atoms with Crippen LogP contribution >= 0.6 is 12.4 Å². The largest absolute Gasteiger partial charge is 0.493 e. The highest BCUT2D eigenvalue weighted by Crippen LogP contribution is 2.27. The number of halogens is 1. The third kappa shape index (κ3) is 6.66. The van der Waals surface area contributed by atoms with Crippen molar-refractivity contribution in [1.29, 1.82) is 0 Å². The van der Waals surface area contributed by atoms with Crippen molar-refractivity contribution in [2.24, 2.45) is 0 Å². The number of methoxy groups -OCH3 is 2. The fraction of sp³-hybridized carbons (Fsp3) is 0.571. The second kappa shape index (κ2) is 10.9. The summed E-state index contributed by atoms with van der Waals surface area (Å²) in [7, 11) is 3.29. The van der Waals surface area contributed by atoms with Gasteiger partial charge in [-0.15, -0.1) is 12.4 Å². The molecule has 0 atom stereocenters. The summed E-state index contributed by atoms with van der Waals surface area (Å²) < 4.78 is 15.7. The summed E-state index contributed by atoms with van der Waals surface area (Å²) in [5, 5.41) is 3.37. The first kappa shape index (κ1) is 18.0. The van der Waals surface area contributed by atoms with E-state index < -0.39 is 0 Å². The molecule has 0 bridgehead atoms. The van der Waals surface area contributed by atoms with Gasteiger partial charge in [-0.05, 0) is 37.6 Å². The zero-order valence-corrected chi connectivity index (χ0v) is 12.7. The minimum Gasteiger partial charge on any atom is -0.493 e. The first-order chi connectivity index (χ1) is 8.81. The lowest BCUT2D eigenvalue weighted by Gasteiger charge is -2.10. The summed E-state index contributed by atoms with van der Waals surface area (Å²) in [4.78, 5) is 0. The van der Waals surface area contributed by atoms with Crippen LogP contribution in [0.2, 0.25) is 0 Å². The Labute approximate surface area is 121 Å². The number of ether oxygens (including phenoxy) is 3. The van der Waals surface area contributed by atoms with Crippen LogP contribution < -0.4 is 14.8 Å². The van der Waals surface area contributed by atoms with E-state index in [0.717, 1.165) is 44.2 Å². The van der Waals surface area contributed by atoms with Gasteiger partial charge in [0.2, 0.25) is 0 Å². The number of hydrogen-bond acceptors (Lipinski definition) is 4. The summed E-state index contributed by atoms with van der Waals surface area (Å²) >= 11 is 0. The van der Waals surface area contributed by atoms with Gasteiger partial charge < -0.3 is 19.5 Å². The van der Waals surface area contributed by atoms with Crippen molar-refractivity contribution in [3.05, 3.63) is 23.8 Å². The third-order valence-corrected chi connectivity index (χ3v) is 2.62. The average Bonchev–Trinajstić information content (AvgIpc) is 2.42. The highest BCUT2D eigenvalue weighted by Gasteiger charge is 2.03. The standard InChI is InChI=1S/C14H23NO3.ClH/c1-4-18-9-5-8-15-11-12-6-7-13(16-2)14(10-12)17-3;/h6-7,10,15H,4-5,8-9,11H2,1-3H3;1H. The van der Waals surface area contributed by atoms with Crippen molar-refractivity contribution in [1.82, 2.24) is 5.32 Å². The molecule has 1 aromatic rings. The van der Waals surface area contributed by atoms with Gasteiger partial charge >= 0.3 is 0 Å². The first-order valence-corrected chi connectivity index (χ1v) is 6.31. The maximum absolute atomic E-state index is 5.28. The predicted molar refractivity (Wildman–Crippen MR) is 79.6 cm³/mol. The van der Waals surface area contributed by atoms with E-state index >= 15 is 0 Å². The Morgan fingerprint density at radius 1 is 1.11 bits per heavy atom. The molecule has 0 aliphatic rings. The maximum Gasteiger partial charge on any atom is 0.161 e. The van der Waals surface area contributed by atoms with Gasteiger partial charge in [0.05, 0.1) is 14.2 Å². The Kier molecular flexibility index (Phi) is 10.4. The fourth-order valence-electron chi connectivity index (χ4n) is 1.67. The van der Waals surface area contributed by atoms with Gasteiger partial charge in [0.25, 0.3) is 0 Å². The zero-order chi connectivity index (χ0) is 13.2. The van der Waals surface area contributed by atoms with Crippen LogP contribution in [-0.4, -0.2) is 34.0 Å². The fourth-order valence-corrected chi connectivity index (χ4v) is 1.67. The molecule has 0 saturated carbocycles. The summed E-state index contributed by atoms with van der Waals surface area (Å²) in [5.41, 5.74) is 1.18. The molecule has 4 nitrogen and oxygen atoms in total. The highest BCUT2D eigenvalue weighted by atomic mass is 35.5. The second-order valence-electron chi connectivity index (χ2n) is 3.92. The molecule has 0 aromatic heterocycles. The molecular formula is C14H24ClNO3. The van der Waals surface area contributed by atoms with Gasteiger partial charge in [0.15, 0.2) is 11.5 Å². The van der Waals surface area contributed by atoms with Crippen LogP contribution in [0, 0.1) is 0 Å². The molecule has 110 valence electrons. The minimum absolute atomic E-state index is 0. The van der Waals surface area contributed by atoms with E-state index in [1.807, 2.05) is 25.1 Å². The van der Waals surface area contributed by atoms with Gasteiger partial charge in [-0.2, -0.15) is 0 Å². The van der Waals surface area contributed by atoms with Crippen molar-refractivity contribution < 1.29 is 14.2 Å². The van der Waals surface area contributed by atoms with E-state index in [0.29, 0.717) is 0 Å². The van der Waals surface area contributed by atoms with Crippen LogP contribution in [0.1, 0.15) is 18.9 Å². The van der Waals surface area contributed by atoms with E-state index in [1.54, 1.807) is 14.2 Å². The monoisotopic (exact) mass is 289 g/mol. The Bertz CT molecular complexity index is 347. The summed E-state index contributed by atoms with van der Waals surface area (Å²) in [5.74, 6) is 1.53. The van der Waals surface area contributed by atoms with Gasteiger partial charge in [-0.3, -0.25) is 0 Å². The molecule has 0 heterocycles. The van der Waals surface area contributed by atoms with Gasteiger partial charge in [-0.1, -0.05) is 6.07 Å². The van der Waals surface area contributed by atoms with Gasteiger partial charge in [0, 0.05) is 19.8 Å². The molecule has 0 amide bonds. The number of benzene rings is 1. The molecule has 0 radical (unpaired) electrons.